The maximum atomic E-state index is 11.9. The van der Waals surface area contributed by atoms with Crippen LogP contribution in [0.25, 0.3) is 0 Å². The minimum atomic E-state index is 0.123. The quantitative estimate of drug-likeness (QED) is 0.630. The average Bonchev–Trinajstić information content (AvgIpc) is 2.73. The fourth-order valence-electron chi connectivity index (χ4n) is 2.28. The normalized spacial score (nSPS) is 21.2. The molecule has 1 fully saturated rings. The molecule has 1 unspecified atom stereocenters. The summed E-state index contributed by atoms with van der Waals surface area (Å²) in [6.45, 7) is 5.76. The van der Waals surface area contributed by atoms with Crippen LogP contribution in [0.1, 0.15) is 39.0 Å². The van der Waals surface area contributed by atoms with Gasteiger partial charge in [-0.25, -0.2) is 0 Å². The predicted octanol–water partition coefficient (Wildman–Crippen LogP) is 0.716. The van der Waals surface area contributed by atoms with Crippen LogP contribution in [-0.4, -0.2) is 43.0 Å². The van der Waals surface area contributed by atoms with Crippen LogP contribution in [0.5, 0.6) is 0 Å². The highest BCUT2D eigenvalue weighted by molar-refractivity contribution is 5.81. The maximum absolute atomic E-state index is 11.9. The van der Waals surface area contributed by atoms with Gasteiger partial charge >= 0.3 is 0 Å². The molecule has 3 N–H and O–H groups in total. The lowest BCUT2D eigenvalue weighted by Gasteiger charge is -2.22. The molecule has 4 heteroatoms. The van der Waals surface area contributed by atoms with E-state index in [1.54, 1.807) is 0 Å². The SMILES string of the molecule is CCCN1CCCC1C(=O)NCCCCN. The van der Waals surface area contributed by atoms with Gasteiger partial charge in [0, 0.05) is 6.54 Å². The number of carbonyl (C=O) groups is 1. The van der Waals surface area contributed by atoms with Crippen molar-refractivity contribution in [1.29, 1.82) is 0 Å². The molecule has 0 saturated carbocycles. The second-order valence-electron chi connectivity index (χ2n) is 4.48. The van der Waals surface area contributed by atoms with Crippen molar-refractivity contribution in [2.45, 2.75) is 45.1 Å². The lowest BCUT2D eigenvalue weighted by atomic mass is 10.2. The first-order valence-electron chi connectivity index (χ1n) is 6.51. The third-order valence-electron chi connectivity index (χ3n) is 3.11. The van der Waals surface area contributed by atoms with Gasteiger partial charge in [-0.2, -0.15) is 0 Å². The molecule has 1 amide bonds. The minimum absolute atomic E-state index is 0.123. The van der Waals surface area contributed by atoms with Crippen LogP contribution < -0.4 is 11.1 Å². The third kappa shape index (κ3) is 4.10. The Morgan fingerprint density at radius 2 is 2.31 bits per heavy atom. The number of likely N-dealkylation sites (tertiary alicyclic amines) is 1. The van der Waals surface area contributed by atoms with Crippen LogP contribution >= 0.6 is 0 Å². The monoisotopic (exact) mass is 227 g/mol. The van der Waals surface area contributed by atoms with E-state index in [1.807, 2.05) is 0 Å². The van der Waals surface area contributed by atoms with Crippen molar-refractivity contribution in [3.63, 3.8) is 0 Å². The molecule has 4 nitrogen and oxygen atoms in total. The van der Waals surface area contributed by atoms with E-state index < -0.39 is 0 Å². The molecular weight excluding hydrogens is 202 g/mol. The van der Waals surface area contributed by atoms with Crippen LogP contribution in [0.15, 0.2) is 0 Å². The number of nitrogens with two attached hydrogens (primary N) is 1. The van der Waals surface area contributed by atoms with E-state index >= 15 is 0 Å². The van der Waals surface area contributed by atoms with Gasteiger partial charge in [0.15, 0.2) is 0 Å². The zero-order valence-electron chi connectivity index (χ0n) is 10.4. The van der Waals surface area contributed by atoms with Crippen molar-refractivity contribution in [2.24, 2.45) is 5.73 Å². The summed E-state index contributed by atoms with van der Waals surface area (Å²) < 4.78 is 0. The number of hydrogen-bond donors (Lipinski definition) is 2. The van der Waals surface area contributed by atoms with Crippen LogP contribution in [0.4, 0.5) is 0 Å². The second kappa shape index (κ2) is 7.63. The van der Waals surface area contributed by atoms with Crippen molar-refractivity contribution in [3.8, 4) is 0 Å². The van der Waals surface area contributed by atoms with Crippen molar-refractivity contribution in [2.75, 3.05) is 26.2 Å². The summed E-state index contributed by atoms with van der Waals surface area (Å²) in [4.78, 5) is 14.2. The lowest BCUT2D eigenvalue weighted by molar-refractivity contribution is -0.125. The number of carbonyl (C=O) groups excluding carboxylic acids is 1. The summed E-state index contributed by atoms with van der Waals surface area (Å²) in [7, 11) is 0. The lowest BCUT2D eigenvalue weighted by Crippen LogP contribution is -2.43. The van der Waals surface area contributed by atoms with Gasteiger partial charge in [-0.15, -0.1) is 0 Å². The number of nitrogens with zero attached hydrogens (tertiary/aromatic N) is 1. The first-order chi connectivity index (χ1) is 7.79. The Morgan fingerprint density at radius 1 is 1.50 bits per heavy atom. The molecule has 0 aromatic carbocycles. The molecule has 0 radical (unpaired) electrons. The second-order valence-corrected chi connectivity index (χ2v) is 4.48. The molecule has 0 aromatic rings. The van der Waals surface area contributed by atoms with E-state index in [0.717, 1.165) is 51.7 Å². The van der Waals surface area contributed by atoms with Crippen molar-refractivity contribution in [1.82, 2.24) is 10.2 Å². The molecule has 0 bridgehead atoms. The van der Waals surface area contributed by atoms with E-state index in [4.69, 9.17) is 5.73 Å². The molecule has 0 aliphatic carbocycles. The van der Waals surface area contributed by atoms with E-state index in [2.05, 4.69) is 17.1 Å². The summed E-state index contributed by atoms with van der Waals surface area (Å²) in [6, 6.07) is 0.123. The van der Waals surface area contributed by atoms with Gasteiger partial charge in [0.25, 0.3) is 0 Å². The standard InChI is InChI=1S/C12H25N3O/c1-2-9-15-10-5-6-11(15)12(16)14-8-4-3-7-13/h11H,2-10,13H2,1H3,(H,14,16). The summed E-state index contributed by atoms with van der Waals surface area (Å²) in [6.07, 6.45) is 5.27. The fraction of sp³-hybridized carbons (Fsp3) is 0.917. The van der Waals surface area contributed by atoms with E-state index in [0.29, 0.717) is 6.54 Å². The average molecular weight is 227 g/mol. The predicted molar refractivity (Wildman–Crippen MR) is 66.2 cm³/mol. The molecule has 1 saturated heterocycles. The van der Waals surface area contributed by atoms with Crippen LogP contribution in [0, 0.1) is 0 Å². The van der Waals surface area contributed by atoms with Gasteiger partial charge in [0.1, 0.15) is 0 Å². The molecule has 1 aliphatic rings. The topological polar surface area (TPSA) is 58.4 Å². The van der Waals surface area contributed by atoms with Gasteiger partial charge in [-0.3, -0.25) is 9.69 Å². The molecule has 1 rings (SSSR count). The van der Waals surface area contributed by atoms with E-state index in [1.165, 1.54) is 0 Å². The van der Waals surface area contributed by atoms with Crippen LogP contribution in [0.3, 0.4) is 0 Å². The Kier molecular flexibility index (Phi) is 6.42. The van der Waals surface area contributed by atoms with Crippen LogP contribution in [-0.2, 0) is 4.79 Å². The molecule has 0 aromatic heterocycles. The smallest absolute Gasteiger partial charge is 0.237 e. The highest BCUT2D eigenvalue weighted by atomic mass is 16.2. The van der Waals surface area contributed by atoms with Crippen molar-refractivity contribution < 1.29 is 4.79 Å². The first-order valence-corrected chi connectivity index (χ1v) is 6.51. The summed E-state index contributed by atoms with van der Waals surface area (Å²) >= 11 is 0. The first kappa shape index (κ1) is 13.5. The fourth-order valence-corrected chi connectivity index (χ4v) is 2.28. The number of hydrogen-bond acceptors (Lipinski definition) is 3. The van der Waals surface area contributed by atoms with Gasteiger partial charge in [-0.05, 0) is 51.7 Å². The van der Waals surface area contributed by atoms with Gasteiger partial charge < -0.3 is 11.1 Å². The Bertz CT molecular complexity index is 208. The highest BCUT2D eigenvalue weighted by Crippen LogP contribution is 2.17. The van der Waals surface area contributed by atoms with E-state index in [9.17, 15) is 4.79 Å². The number of amides is 1. The zero-order chi connectivity index (χ0) is 11.8. The Hall–Kier alpha value is -0.610. The van der Waals surface area contributed by atoms with Crippen LogP contribution in [0.2, 0.25) is 0 Å². The van der Waals surface area contributed by atoms with Gasteiger partial charge in [0.05, 0.1) is 6.04 Å². The molecule has 1 heterocycles. The Balaban J connectivity index is 2.23. The van der Waals surface area contributed by atoms with Crippen molar-refractivity contribution in [3.05, 3.63) is 0 Å². The molecule has 1 aliphatic heterocycles. The highest BCUT2D eigenvalue weighted by Gasteiger charge is 2.29. The Labute approximate surface area is 98.6 Å². The maximum Gasteiger partial charge on any atom is 0.237 e. The largest absolute Gasteiger partial charge is 0.355 e. The molecule has 16 heavy (non-hydrogen) atoms. The molecular formula is C12H25N3O. The molecule has 1 atom stereocenters. The number of unbranched alkanes of at least 4 members (excludes halogenated alkanes) is 1. The Morgan fingerprint density at radius 3 is 3.00 bits per heavy atom. The minimum Gasteiger partial charge on any atom is -0.355 e. The molecule has 0 spiro atoms. The summed E-state index contributed by atoms with van der Waals surface area (Å²) in [5.74, 6) is 0.211. The number of rotatable bonds is 7. The zero-order valence-corrected chi connectivity index (χ0v) is 10.4. The van der Waals surface area contributed by atoms with Gasteiger partial charge in [0.2, 0.25) is 5.91 Å². The summed E-state index contributed by atoms with van der Waals surface area (Å²) in [5, 5.41) is 3.01. The summed E-state index contributed by atoms with van der Waals surface area (Å²) in [5.41, 5.74) is 5.41. The van der Waals surface area contributed by atoms with Crippen molar-refractivity contribution >= 4 is 5.91 Å². The number of nitrogens with one attached hydrogen (secondary N) is 1. The van der Waals surface area contributed by atoms with Gasteiger partial charge in [-0.1, -0.05) is 6.92 Å². The van der Waals surface area contributed by atoms with E-state index in [-0.39, 0.29) is 11.9 Å². The molecule has 94 valence electrons. The third-order valence-corrected chi connectivity index (χ3v) is 3.11.